The normalized spacial score (nSPS) is 15.2. The van der Waals surface area contributed by atoms with Gasteiger partial charge in [0.1, 0.15) is 5.75 Å². The van der Waals surface area contributed by atoms with Gasteiger partial charge >= 0.3 is 0 Å². The van der Waals surface area contributed by atoms with Crippen LogP contribution in [-0.2, 0) is 15.8 Å². The minimum atomic E-state index is -1.68. The van der Waals surface area contributed by atoms with Crippen LogP contribution in [0.5, 0.6) is 5.75 Å². The lowest BCUT2D eigenvalue weighted by Crippen LogP contribution is -2.40. The first kappa shape index (κ1) is 22.9. The number of benzene rings is 1. The predicted molar refractivity (Wildman–Crippen MR) is 113 cm³/mol. The van der Waals surface area contributed by atoms with Crippen LogP contribution in [-0.4, -0.2) is 28.6 Å². The Morgan fingerprint density at radius 3 is 2.15 bits per heavy atom. The molecule has 1 aromatic rings. The minimum absolute atomic E-state index is 0.0310. The summed E-state index contributed by atoms with van der Waals surface area (Å²) in [4.78, 5) is 0. The number of rotatable bonds is 10. The first-order valence-electron chi connectivity index (χ1n) is 9.55. The molecule has 1 atom stereocenters. The Morgan fingerprint density at radius 1 is 1.04 bits per heavy atom. The molecule has 0 fully saturated rings. The van der Waals surface area contributed by atoms with Crippen molar-refractivity contribution in [1.29, 1.82) is 0 Å². The second kappa shape index (κ2) is 9.72. The molecule has 0 heterocycles. The molecule has 4 heteroatoms. The quantitative estimate of drug-likeness (QED) is 0.358. The van der Waals surface area contributed by atoms with Crippen LogP contribution < -0.4 is 4.74 Å². The second-order valence-corrected chi connectivity index (χ2v) is 13.6. The Kier molecular flexibility index (Phi) is 8.58. The Balaban J connectivity index is 2.48. The zero-order valence-corrected chi connectivity index (χ0v) is 19.0. The molecule has 0 aliphatic rings. The van der Waals surface area contributed by atoms with Crippen molar-refractivity contribution in [3.05, 3.63) is 42.0 Å². The highest BCUT2D eigenvalue weighted by molar-refractivity contribution is 6.74. The molecule has 0 spiro atoms. The summed E-state index contributed by atoms with van der Waals surface area (Å²) < 4.78 is 17.4. The number of ether oxygens (including phenoxy) is 2. The molecule has 0 aliphatic carbocycles. The molecule has 26 heavy (non-hydrogen) atoms. The summed E-state index contributed by atoms with van der Waals surface area (Å²) in [5.41, 5.74) is 1.19. The van der Waals surface area contributed by atoms with Gasteiger partial charge in [0, 0.05) is 5.41 Å². The summed E-state index contributed by atoms with van der Waals surface area (Å²) in [6, 6.07) is 8.03. The highest BCUT2D eigenvalue weighted by Gasteiger charge is 2.36. The lowest BCUT2D eigenvalue weighted by Gasteiger charge is -2.35. The van der Waals surface area contributed by atoms with Crippen LogP contribution in [0.15, 0.2) is 36.4 Å². The molecule has 0 radical (unpaired) electrons. The van der Waals surface area contributed by atoms with Crippen LogP contribution in [0.25, 0.3) is 0 Å². The third-order valence-corrected chi connectivity index (χ3v) is 10.0. The van der Waals surface area contributed by atoms with Crippen molar-refractivity contribution in [2.45, 2.75) is 65.8 Å². The minimum Gasteiger partial charge on any atom is -0.497 e. The summed E-state index contributed by atoms with van der Waals surface area (Å²) in [7, 11) is -0.00166. The average Bonchev–Trinajstić information content (AvgIpc) is 2.58. The molecule has 0 amide bonds. The maximum atomic E-state index is 6.23. The maximum Gasteiger partial charge on any atom is 0.192 e. The fourth-order valence-corrected chi connectivity index (χ4v) is 3.14. The van der Waals surface area contributed by atoms with Crippen LogP contribution in [0.2, 0.25) is 18.1 Å². The largest absolute Gasteiger partial charge is 0.497 e. The van der Waals surface area contributed by atoms with E-state index in [0.717, 1.165) is 17.7 Å². The van der Waals surface area contributed by atoms with E-state index in [-0.39, 0.29) is 10.5 Å². The molecule has 0 aromatic heterocycles. The molecular formula is C22H38O3Si. The first-order chi connectivity index (χ1) is 12.0. The number of methoxy groups -OCH3 is 1. The van der Waals surface area contributed by atoms with Crippen molar-refractivity contribution in [1.82, 2.24) is 0 Å². The molecule has 3 nitrogen and oxygen atoms in total. The van der Waals surface area contributed by atoms with Gasteiger partial charge in [-0.2, -0.15) is 0 Å². The van der Waals surface area contributed by atoms with E-state index >= 15 is 0 Å². The maximum absolute atomic E-state index is 6.23. The summed E-state index contributed by atoms with van der Waals surface area (Å²) >= 11 is 0. The van der Waals surface area contributed by atoms with Gasteiger partial charge in [-0.1, -0.05) is 58.9 Å². The van der Waals surface area contributed by atoms with Gasteiger partial charge in [0.2, 0.25) is 0 Å². The molecule has 148 valence electrons. The number of hydrogen-bond acceptors (Lipinski definition) is 3. The van der Waals surface area contributed by atoms with Crippen LogP contribution in [0.3, 0.4) is 0 Å². The zero-order valence-electron chi connectivity index (χ0n) is 18.0. The average molecular weight is 379 g/mol. The van der Waals surface area contributed by atoms with Gasteiger partial charge in [0.15, 0.2) is 8.32 Å². The Hall–Kier alpha value is -1.10. The molecule has 0 unspecified atom stereocenters. The van der Waals surface area contributed by atoms with Crippen molar-refractivity contribution >= 4 is 8.32 Å². The van der Waals surface area contributed by atoms with Gasteiger partial charge in [-0.05, 0) is 42.2 Å². The fraction of sp³-hybridized carbons (Fsp3) is 0.636. The Morgan fingerprint density at radius 2 is 1.65 bits per heavy atom. The molecule has 0 bridgehead atoms. The van der Waals surface area contributed by atoms with E-state index in [1.54, 1.807) is 7.11 Å². The second-order valence-electron chi connectivity index (χ2n) is 8.82. The van der Waals surface area contributed by atoms with E-state index in [2.05, 4.69) is 59.9 Å². The van der Waals surface area contributed by atoms with E-state index in [0.29, 0.717) is 19.8 Å². The van der Waals surface area contributed by atoms with E-state index in [9.17, 15) is 0 Å². The summed E-state index contributed by atoms with van der Waals surface area (Å²) in [6.45, 7) is 17.8. The smallest absolute Gasteiger partial charge is 0.192 e. The van der Waals surface area contributed by atoms with Crippen molar-refractivity contribution in [3.63, 3.8) is 0 Å². The molecule has 0 N–H and O–H groups in total. The highest BCUT2D eigenvalue weighted by atomic mass is 28.4. The fourth-order valence-electron chi connectivity index (χ4n) is 2.20. The molecule has 0 saturated heterocycles. The van der Waals surface area contributed by atoms with Crippen LogP contribution in [0.4, 0.5) is 0 Å². The lowest BCUT2D eigenvalue weighted by molar-refractivity contribution is 0.0624. The monoisotopic (exact) mass is 378 g/mol. The van der Waals surface area contributed by atoms with Gasteiger partial charge < -0.3 is 13.9 Å². The molecule has 1 aromatic carbocycles. The predicted octanol–water partition coefficient (Wildman–Crippen LogP) is 6.21. The van der Waals surface area contributed by atoms with Crippen molar-refractivity contribution in [2.24, 2.45) is 5.41 Å². The van der Waals surface area contributed by atoms with Gasteiger partial charge in [-0.3, -0.25) is 0 Å². The van der Waals surface area contributed by atoms with Crippen molar-refractivity contribution < 1.29 is 13.9 Å². The third kappa shape index (κ3) is 7.26. The van der Waals surface area contributed by atoms with Gasteiger partial charge in [0.25, 0.3) is 0 Å². The van der Waals surface area contributed by atoms with Gasteiger partial charge in [-0.15, -0.1) is 0 Å². The van der Waals surface area contributed by atoms with E-state index < -0.39 is 8.32 Å². The summed E-state index contributed by atoms with van der Waals surface area (Å²) in [5, 5.41) is 0.246. The van der Waals surface area contributed by atoms with Crippen molar-refractivity contribution in [2.75, 3.05) is 20.3 Å². The van der Waals surface area contributed by atoms with Crippen LogP contribution >= 0.6 is 0 Å². The van der Waals surface area contributed by atoms with Crippen LogP contribution in [0.1, 0.15) is 46.6 Å². The SMILES string of the molecule is CC[C@](C)(/C=C/CO[Si](C)(C)C(C)(C)C)COCc1ccc(OC)cc1. The van der Waals surface area contributed by atoms with Gasteiger partial charge in [0.05, 0.1) is 26.9 Å². The zero-order chi connectivity index (χ0) is 19.8. The molecule has 0 saturated carbocycles. The third-order valence-electron chi connectivity index (χ3n) is 5.53. The molecule has 0 aliphatic heterocycles. The Bertz CT molecular complexity index is 558. The summed E-state index contributed by atoms with van der Waals surface area (Å²) in [5.74, 6) is 0.872. The number of hydrogen-bond donors (Lipinski definition) is 0. The molecule has 1 rings (SSSR count). The van der Waals surface area contributed by atoms with Gasteiger partial charge in [-0.25, -0.2) is 0 Å². The van der Waals surface area contributed by atoms with E-state index in [1.165, 1.54) is 0 Å². The topological polar surface area (TPSA) is 27.7 Å². The highest BCUT2D eigenvalue weighted by Crippen LogP contribution is 2.36. The van der Waals surface area contributed by atoms with E-state index in [1.807, 2.05) is 24.3 Å². The molecular weight excluding hydrogens is 340 g/mol. The summed E-state index contributed by atoms with van der Waals surface area (Å²) in [6.07, 6.45) is 5.46. The van der Waals surface area contributed by atoms with E-state index in [4.69, 9.17) is 13.9 Å². The van der Waals surface area contributed by atoms with Crippen LogP contribution in [0, 0.1) is 5.41 Å². The van der Waals surface area contributed by atoms with Crippen molar-refractivity contribution in [3.8, 4) is 5.75 Å². The lowest BCUT2D eigenvalue weighted by atomic mass is 9.88. The Labute approximate surface area is 161 Å². The standard InChI is InChI=1S/C22H38O3Si/c1-9-22(5,15-10-16-25-26(7,8)21(2,3)4)18-24-17-19-11-13-20(23-6)14-12-19/h10-15H,9,16-18H2,1-8H3/b15-10+/t22-/m1/s1. The first-order valence-corrected chi connectivity index (χ1v) is 12.5.